The molecule has 0 unspecified atom stereocenters. The Bertz CT molecular complexity index is 1310. The van der Waals surface area contributed by atoms with E-state index in [1.807, 2.05) is 0 Å². The Morgan fingerprint density at radius 3 is 2.49 bits per heavy atom. The highest BCUT2D eigenvalue weighted by Crippen LogP contribution is 2.36. The molecule has 0 bridgehead atoms. The normalized spacial score (nSPS) is 21.8. The fourth-order valence-corrected chi connectivity index (χ4v) is 6.42. The first-order valence-electron chi connectivity index (χ1n) is 11.6. The number of nitrogens with two attached hydrogens (primary N) is 1. The molecule has 0 spiro atoms. The molecular weight excluding hydrogens is 513 g/mol. The van der Waals surface area contributed by atoms with E-state index in [-0.39, 0.29) is 29.8 Å². The monoisotopic (exact) mass is 538 g/mol. The van der Waals surface area contributed by atoms with Gasteiger partial charge in [0.25, 0.3) is 5.91 Å². The number of hydrogen-bond donors (Lipinski definition) is 2. The zero-order chi connectivity index (χ0) is 27.0. The summed E-state index contributed by atoms with van der Waals surface area (Å²) in [6.07, 6.45) is -2.32. The Labute approximate surface area is 211 Å². The molecule has 2 aliphatic rings. The molecule has 1 saturated heterocycles. The second kappa shape index (κ2) is 10.1. The van der Waals surface area contributed by atoms with E-state index < -0.39 is 56.6 Å². The van der Waals surface area contributed by atoms with Crippen LogP contribution < -0.4 is 11.1 Å². The van der Waals surface area contributed by atoms with Crippen LogP contribution in [0.1, 0.15) is 47.3 Å². The van der Waals surface area contributed by atoms with Crippen molar-refractivity contribution in [1.29, 1.82) is 0 Å². The Morgan fingerprint density at radius 2 is 1.86 bits per heavy atom. The van der Waals surface area contributed by atoms with E-state index in [0.717, 1.165) is 12.3 Å². The molecule has 1 aliphatic heterocycles. The number of nitrogens with zero attached hydrogens (tertiary/aromatic N) is 2. The van der Waals surface area contributed by atoms with Crippen molar-refractivity contribution in [1.82, 2.24) is 15.2 Å². The summed E-state index contributed by atoms with van der Waals surface area (Å²) in [6.45, 7) is 0.225. The van der Waals surface area contributed by atoms with Gasteiger partial charge in [-0.2, -0.15) is 13.2 Å². The van der Waals surface area contributed by atoms with Crippen LogP contribution in [0.15, 0.2) is 47.5 Å². The van der Waals surface area contributed by atoms with Crippen molar-refractivity contribution in [2.75, 3.05) is 6.54 Å². The fourth-order valence-electron chi connectivity index (χ4n) is 4.50. The number of nitrogens with one attached hydrogen (secondary N) is 1. The van der Waals surface area contributed by atoms with Gasteiger partial charge in [0.1, 0.15) is 11.7 Å². The minimum Gasteiger partial charge on any atom is -0.369 e. The molecule has 1 aromatic carbocycles. The summed E-state index contributed by atoms with van der Waals surface area (Å²) in [5.41, 5.74) is 4.67. The molecule has 1 saturated carbocycles. The fraction of sp³-hybridized carbons (Fsp3) is 0.417. The van der Waals surface area contributed by atoms with Crippen molar-refractivity contribution in [2.45, 2.75) is 54.6 Å². The SMILES string of the molecule is NC(=O)C1CC(S(=O)(=O)c2cccc(C(=O)N3CCC[C@@H]3C(=O)NCc3ccc(C(F)(F)F)nc3)c2)C1. The molecular formula is C24H25F3N4O5S. The van der Waals surface area contributed by atoms with Gasteiger partial charge in [0, 0.05) is 30.8 Å². The van der Waals surface area contributed by atoms with E-state index in [1.165, 1.54) is 35.2 Å². The Balaban J connectivity index is 1.41. The number of halogens is 3. The molecule has 2 aromatic rings. The number of hydrogen-bond acceptors (Lipinski definition) is 6. The van der Waals surface area contributed by atoms with Crippen molar-refractivity contribution in [3.8, 4) is 0 Å². The van der Waals surface area contributed by atoms with Crippen molar-refractivity contribution in [3.05, 3.63) is 59.4 Å². The number of aromatic nitrogens is 1. The zero-order valence-electron chi connectivity index (χ0n) is 19.6. The number of benzene rings is 1. The number of sulfone groups is 1. The Kier molecular flexibility index (Phi) is 7.27. The summed E-state index contributed by atoms with van der Waals surface area (Å²) in [5.74, 6) is -1.99. The number of amides is 3. The molecule has 1 aromatic heterocycles. The summed E-state index contributed by atoms with van der Waals surface area (Å²) in [4.78, 5) is 41.9. The van der Waals surface area contributed by atoms with E-state index in [2.05, 4.69) is 10.3 Å². The molecule has 2 heterocycles. The Morgan fingerprint density at radius 1 is 1.14 bits per heavy atom. The maximum atomic E-state index is 13.2. The lowest BCUT2D eigenvalue weighted by Crippen LogP contribution is -2.45. The third-order valence-electron chi connectivity index (χ3n) is 6.74. The lowest BCUT2D eigenvalue weighted by molar-refractivity contribution is -0.141. The molecule has 0 radical (unpaired) electrons. The van der Waals surface area contributed by atoms with Gasteiger partial charge in [-0.15, -0.1) is 0 Å². The lowest BCUT2D eigenvalue weighted by atomic mass is 9.84. The van der Waals surface area contributed by atoms with Gasteiger partial charge >= 0.3 is 6.18 Å². The van der Waals surface area contributed by atoms with Gasteiger partial charge in [-0.1, -0.05) is 12.1 Å². The third-order valence-corrected chi connectivity index (χ3v) is 8.92. The summed E-state index contributed by atoms with van der Waals surface area (Å²) >= 11 is 0. The molecule has 37 heavy (non-hydrogen) atoms. The summed E-state index contributed by atoms with van der Waals surface area (Å²) in [7, 11) is -3.76. The van der Waals surface area contributed by atoms with Gasteiger partial charge in [0.05, 0.1) is 10.1 Å². The van der Waals surface area contributed by atoms with Crippen LogP contribution in [0.2, 0.25) is 0 Å². The molecule has 4 rings (SSSR count). The van der Waals surface area contributed by atoms with Crippen LogP contribution in [0.4, 0.5) is 13.2 Å². The number of rotatable bonds is 7. The first-order chi connectivity index (χ1) is 17.4. The van der Waals surface area contributed by atoms with Crippen LogP contribution in [0.5, 0.6) is 0 Å². The van der Waals surface area contributed by atoms with Gasteiger partial charge in [0.2, 0.25) is 11.8 Å². The molecule has 1 atom stereocenters. The van der Waals surface area contributed by atoms with E-state index in [9.17, 15) is 36.0 Å². The molecule has 2 fully saturated rings. The number of alkyl halides is 3. The van der Waals surface area contributed by atoms with E-state index in [0.29, 0.717) is 24.9 Å². The van der Waals surface area contributed by atoms with Crippen LogP contribution in [0.3, 0.4) is 0 Å². The molecule has 13 heteroatoms. The van der Waals surface area contributed by atoms with Crippen LogP contribution in [-0.4, -0.2) is 53.9 Å². The highest BCUT2D eigenvalue weighted by Gasteiger charge is 2.42. The number of carbonyl (C=O) groups is 3. The number of primary amides is 1. The van der Waals surface area contributed by atoms with Gasteiger partial charge in [0.15, 0.2) is 9.84 Å². The topological polar surface area (TPSA) is 140 Å². The van der Waals surface area contributed by atoms with Crippen molar-refractivity contribution < 1.29 is 36.0 Å². The Hall–Kier alpha value is -3.48. The average molecular weight is 539 g/mol. The number of likely N-dealkylation sites (tertiary alicyclic amines) is 1. The van der Waals surface area contributed by atoms with Gasteiger partial charge in [-0.25, -0.2) is 8.42 Å². The molecule has 3 N–H and O–H groups in total. The van der Waals surface area contributed by atoms with E-state index >= 15 is 0 Å². The molecule has 1 aliphatic carbocycles. The van der Waals surface area contributed by atoms with Gasteiger partial charge in [-0.05, 0) is 55.5 Å². The number of pyridine rings is 1. The largest absolute Gasteiger partial charge is 0.433 e. The quantitative estimate of drug-likeness (QED) is 0.553. The van der Waals surface area contributed by atoms with Crippen LogP contribution in [0.25, 0.3) is 0 Å². The maximum Gasteiger partial charge on any atom is 0.433 e. The van der Waals surface area contributed by atoms with Crippen molar-refractivity contribution in [3.63, 3.8) is 0 Å². The first kappa shape index (κ1) is 26.6. The molecule has 3 amide bonds. The third kappa shape index (κ3) is 5.60. The minimum atomic E-state index is -4.56. The summed E-state index contributed by atoms with van der Waals surface area (Å²) < 4.78 is 63.9. The van der Waals surface area contributed by atoms with Gasteiger partial charge in [-0.3, -0.25) is 19.4 Å². The minimum absolute atomic E-state index is 0.0405. The summed E-state index contributed by atoms with van der Waals surface area (Å²) in [6, 6.07) is 6.81. The highest BCUT2D eigenvalue weighted by molar-refractivity contribution is 7.92. The predicted octanol–water partition coefficient (Wildman–Crippen LogP) is 2.06. The van der Waals surface area contributed by atoms with Crippen LogP contribution >= 0.6 is 0 Å². The van der Waals surface area contributed by atoms with Crippen LogP contribution in [-0.2, 0) is 32.1 Å². The summed E-state index contributed by atoms with van der Waals surface area (Å²) in [5, 5.41) is 1.88. The predicted molar refractivity (Wildman–Crippen MR) is 124 cm³/mol. The maximum absolute atomic E-state index is 13.2. The van der Waals surface area contributed by atoms with Gasteiger partial charge < -0.3 is 16.0 Å². The second-order valence-corrected chi connectivity index (χ2v) is 11.4. The average Bonchev–Trinajstić information content (AvgIpc) is 3.30. The zero-order valence-corrected chi connectivity index (χ0v) is 20.4. The highest BCUT2D eigenvalue weighted by atomic mass is 32.2. The first-order valence-corrected chi connectivity index (χ1v) is 13.2. The van der Waals surface area contributed by atoms with E-state index in [4.69, 9.17) is 5.73 Å². The lowest BCUT2D eigenvalue weighted by Gasteiger charge is -2.32. The number of carbonyl (C=O) groups excluding carboxylic acids is 3. The van der Waals surface area contributed by atoms with Crippen molar-refractivity contribution >= 4 is 27.6 Å². The molecule has 9 nitrogen and oxygen atoms in total. The smallest absolute Gasteiger partial charge is 0.369 e. The van der Waals surface area contributed by atoms with Crippen molar-refractivity contribution in [2.24, 2.45) is 11.7 Å². The molecule has 198 valence electrons. The second-order valence-electron chi connectivity index (χ2n) is 9.19. The van der Waals surface area contributed by atoms with Crippen LogP contribution in [0, 0.1) is 5.92 Å². The standard InChI is InChI=1S/C24H25F3N4O5S/c25-24(26,27)20-7-6-14(12-29-20)13-30-22(33)19-5-2-8-31(19)23(34)15-3-1-4-17(9-15)37(35,36)18-10-16(11-18)21(28)32/h1,3-4,6-7,9,12,16,18-19H,2,5,8,10-11,13H2,(H2,28,32)(H,30,33)/t16?,18?,19-/m1/s1. The van der Waals surface area contributed by atoms with E-state index in [1.54, 1.807) is 0 Å².